The van der Waals surface area contributed by atoms with Crippen LogP contribution in [-0.2, 0) is 11.2 Å². The molecule has 0 fully saturated rings. The molecule has 2 rings (SSSR count). The van der Waals surface area contributed by atoms with Gasteiger partial charge in [0.05, 0.1) is 0 Å². The summed E-state index contributed by atoms with van der Waals surface area (Å²) in [5, 5.41) is 2.76. The van der Waals surface area contributed by atoms with Gasteiger partial charge in [0.2, 0.25) is 0 Å². The lowest BCUT2D eigenvalue weighted by Gasteiger charge is -2.17. The molecule has 0 unspecified atom stereocenters. The van der Waals surface area contributed by atoms with Crippen LogP contribution in [0.5, 0.6) is 0 Å². The molecule has 4 nitrogen and oxygen atoms in total. The number of nitrogens with zero attached hydrogens (tertiary/aromatic N) is 1. The first kappa shape index (κ1) is 21.0. The summed E-state index contributed by atoms with van der Waals surface area (Å²) >= 11 is 0. The van der Waals surface area contributed by atoms with Gasteiger partial charge >= 0.3 is 6.09 Å². The third-order valence-electron chi connectivity index (χ3n) is 3.99. The minimum atomic E-state index is -0.405. The Morgan fingerprint density at radius 3 is 2.16 bits per heavy atom. The first-order chi connectivity index (χ1) is 11.7. The topological polar surface area (TPSA) is 41.6 Å². The van der Waals surface area contributed by atoms with Crippen molar-refractivity contribution in [2.45, 2.75) is 20.3 Å². The summed E-state index contributed by atoms with van der Waals surface area (Å²) in [6, 6.07) is 18.2. The van der Waals surface area contributed by atoms with E-state index in [4.69, 9.17) is 4.74 Å². The molecule has 0 bridgehead atoms. The van der Waals surface area contributed by atoms with Crippen molar-refractivity contribution in [2.75, 3.05) is 31.6 Å². The average Bonchev–Trinajstić information content (AvgIpc) is 2.61. The molecule has 0 radical (unpaired) electrons. The number of hydrogen-bond donors (Lipinski definition) is 1. The monoisotopic (exact) mass is 362 g/mol. The summed E-state index contributed by atoms with van der Waals surface area (Å²) in [5.74, 6) is 0. The van der Waals surface area contributed by atoms with E-state index in [0.29, 0.717) is 6.61 Å². The lowest BCUT2D eigenvalue weighted by Crippen LogP contribution is -2.28. The van der Waals surface area contributed by atoms with Gasteiger partial charge in [0.25, 0.3) is 0 Å². The number of hydrogen-bond acceptors (Lipinski definition) is 3. The molecule has 0 heterocycles. The van der Waals surface area contributed by atoms with E-state index in [0.717, 1.165) is 31.7 Å². The summed E-state index contributed by atoms with van der Waals surface area (Å²) in [5.41, 5.74) is 3.23. The Morgan fingerprint density at radius 1 is 0.960 bits per heavy atom. The molecule has 1 N–H and O–H groups in total. The number of carbonyl (C=O) groups excluding carboxylic acids is 1. The van der Waals surface area contributed by atoms with Crippen molar-refractivity contribution in [3.63, 3.8) is 0 Å². The Kier molecular flexibility index (Phi) is 9.66. The Labute approximate surface area is 156 Å². The van der Waals surface area contributed by atoms with Gasteiger partial charge in [-0.05, 0) is 42.8 Å². The summed E-state index contributed by atoms with van der Waals surface area (Å²) in [7, 11) is 0. The number of halogens is 1. The van der Waals surface area contributed by atoms with E-state index >= 15 is 0 Å². The van der Waals surface area contributed by atoms with E-state index in [1.54, 1.807) is 0 Å². The highest BCUT2D eigenvalue weighted by Crippen LogP contribution is 2.13. The number of rotatable bonds is 8. The normalized spacial score (nSPS) is 10.2. The van der Waals surface area contributed by atoms with Crippen LogP contribution < -0.4 is 5.32 Å². The molecule has 136 valence electrons. The Hall–Kier alpha value is -2.04. The fraction of sp³-hybridized carbons (Fsp3) is 0.350. The third kappa shape index (κ3) is 7.59. The highest BCUT2D eigenvalue weighted by molar-refractivity contribution is 5.85. The Bertz CT molecular complexity index is 613. The summed E-state index contributed by atoms with van der Waals surface area (Å²) in [6.45, 7) is 7.28. The molecule has 5 heteroatoms. The van der Waals surface area contributed by atoms with E-state index in [1.807, 2.05) is 42.5 Å². The second-order valence-electron chi connectivity index (χ2n) is 5.65. The van der Waals surface area contributed by atoms with Crippen LogP contribution in [0.3, 0.4) is 0 Å². The molecule has 2 aromatic carbocycles. The van der Waals surface area contributed by atoms with Gasteiger partial charge in [0, 0.05) is 12.2 Å². The molecule has 0 aliphatic carbocycles. The van der Waals surface area contributed by atoms with Crippen LogP contribution in [0.2, 0.25) is 0 Å². The van der Waals surface area contributed by atoms with Crippen LogP contribution in [-0.4, -0.2) is 37.2 Å². The SMILES string of the molecule is CCN(CC)CCOC(=O)Nc1ccc(Cc2ccccc2)cc1.Cl. The van der Waals surface area contributed by atoms with E-state index in [2.05, 4.69) is 36.2 Å². The van der Waals surface area contributed by atoms with Crippen molar-refractivity contribution in [3.8, 4) is 0 Å². The van der Waals surface area contributed by atoms with Gasteiger partial charge < -0.3 is 9.64 Å². The van der Waals surface area contributed by atoms with Gasteiger partial charge in [-0.1, -0.05) is 56.3 Å². The zero-order chi connectivity index (χ0) is 17.2. The molecule has 0 saturated carbocycles. The molecule has 0 aliphatic rings. The van der Waals surface area contributed by atoms with Gasteiger partial charge in [-0.15, -0.1) is 12.4 Å². The van der Waals surface area contributed by atoms with Crippen LogP contribution in [0.25, 0.3) is 0 Å². The standard InChI is InChI=1S/C20H26N2O2.ClH/c1-3-22(4-2)14-15-24-20(23)21-19-12-10-18(11-13-19)16-17-8-6-5-7-9-17;/h5-13H,3-4,14-16H2,1-2H3,(H,21,23);1H. The lowest BCUT2D eigenvalue weighted by atomic mass is 10.1. The Balaban J connectivity index is 0.00000312. The number of ether oxygens (including phenoxy) is 1. The van der Waals surface area contributed by atoms with Crippen molar-refractivity contribution in [3.05, 3.63) is 65.7 Å². The molecule has 0 atom stereocenters. The molecule has 0 aromatic heterocycles. The van der Waals surface area contributed by atoms with E-state index in [9.17, 15) is 4.79 Å². The highest BCUT2D eigenvalue weighted by atomic mass is 35.5. The maximum absolute atomic E-state index is 11.8. The first-order valence-corrected chi connectivity index (χ1v) is 8.50. The maximum Gasteiger partial charge on any atom is 0.411 e. The second-order valence-corrected chi connectivity index (χ2v) is 5.65. The van der Waals surface area contributed by atoms with Crippen LogP contribution in [0.4, 0.5) is 10.5 Å². The zero-order valence-corrected chi connectivity index (χ0v) is 15.7. The summed E-state index contributed by atoms with van der Waals surface area (Å²) in [6.07, 6.45) is 0.480. The highest BCUT2D eigenvalue weighted by Gasteiger charge is 2.05. The van der Waals surface area contributed by atoms with Gasteiger partial charge in [-0.2, -0.15) is 0 Å². The van der Waals surface area contributed by atoms with Crippen molar-refractivity contribution >= 4 is 24.2 Å². The van der Waals surface area contributed by atoms with Gasteiger partial charge in [0.15, 0.2) is 0 Å². The third-order valence-corrected chi connectivity index (χ3v) is 3.99. The number of benzene rings is 2. The second kappa shape index (κ2) is 11.5. The summed E-state index contributed by atoms with van der Waals surface area (Å²) < 4.78 is 5.21. The molecular weight excluding hydrogens is 336 g/mol. The molecule has 0 aliphatic heterocycles. The predicted molar refractivity (Wildman–Crippen MR) is 106 cm³/mol. The molecule has 0 spiro atoms. The fourth-order valence-electron chi connectivity index (χ4n) is 2.50. The number of carbonyl (C=O) groups is 1. The number of anilines is 1. The van der Waals surface area contributed by atoms with Gasteiger partial charge in [0.1, 0.15) is 6.61 Å². The molecule has 1 amide bonds. The quantitative estimate of drug-likeness (QED) is 0.746. The molecular formula is C20H27ClN2O2. The van der Waals surface area contributed by atoms with E-state index in [-0.39, 0.29) is 12.4 Å². The first-order valence-electron chi connectivity index (χ1n) is 8.50. The van der Waals surface area contributed by atoms with Crippen LogP contribution >= 0.6 is 12.4 Å². The van der Waals surface area contributed by atoms with Crippen molar-refractivity contribution in [2.24, 2.45) is 0 Å². The maximum atomic E-state index is 11.8. The zero-order valence-electron chi connectivity index (χ0n) is 14.9. The van der Waals surface area contributed by atoms with E-state index in [1.165, 1.54) is 11.1 Å². The Morgan fingerprint density at radius 2 is 1.56 bits per heavy atom. The van der Waals surface area contributed by atoms with Crippen LogP contribution in [0, 0.1) is 0 Å². The lowest BCUT2D eigenvalue weighted by molar-refractivity contribution is 0.142. The fourth-order valence-corrected chi connectivity index (χ4v) is 2.50. The largest absolute Gasteiger partial charge is 0.448 e. The van der Waals surface area contributed by atoms with Crippen LogP contribution in [0.1, 0.15) is 25.0 Å². The smallest absolute Gasteiger partial charge is 0.411 e. The van der Waals surface area contributed by atoms with E-state index < -0.39 is 6.09 Å². The summed E-state index contributed by atoms with van der Waals surface area (Å²) in [4.78, 5) is 14.0. The minimum Gasteiger partial charge on any atom is -0.448 e. The van der Waals surface area contributed by atoms with Crippen LogP contribution in [0.15, 0.2) is 54.6 Å². The minimum absolute atomic E-state index is 0. The van der Waals surface area contributed by atoms with Crippen molar-refractivity contribution in [1.29, 1.82) is 0 Å². The predicted octanol–water partition coefficient (Wildman–Crippen LogP) is 4.59. The number of amides is 1. The van der Waals surface area contributed by atoms with Crippen molar-refractivity contribution < 1.29 is 9.53 Å². The number of nitrogens with one attached hydrogen (secondary N) is 1. The number of likely N-dealkylation sites (N-methyl/N-ethyl adjacent to an activating group) is 1. The molecule has 25 heavy (non-hydrogen) atoms. The average molecular weight is 363 g/mol. The van der Waals surface area contributed by atoms with Gasteiger partial charge in [-0.3, -0.25) is 5.32 Å². The molecule has 2 aromatic rings. The van der Waals surface area contributed by atoms with Gasteiger partial charge in [-0.25, -0.2) is 4.79 Å². The molecule has 0 saturated heterocycles. The van der Waals surface area contributed by atoms with Crippen molar-refractivity contribution in [1.82, 2.24) is 4.90 Å².